The van der Waals surface area contributed by atoms with Gasteiger partial charge in [-0.2, -0.15) is 0 Å². The Balaban J connectivity index is 2.36. The number of hydrogen-bond donors (Lipinski definition) is 2. The summed E-state index contributed by atoms with van der Waals surface area (Å²) >= 11 is 0. The number of rotatable bonds is 4. The first-order valence-corrected chi connectivity index (χ1v) is 5.92. The van der Waals surface area contributed by atoms with E-state index in [1.165, 1.54) is 0 Å². The van der Waals surface area contributed by atoms with E-state index in [1.54, 1.807) is 24.5 Å². The highest BCUT2D eigenvalue weighted by Gasteiger charge is 2.09. The van der Waals surface area contributed by atoms with E-state index in [1.807, 2.05) is 12.1 Å². The third-order valence-corrected chi connectivity index (χ3v) is 3.05. The Hall–Kier alpha value is -3.02. The lowest BCUT2D eigenvalue weighted by Gasteiger charge is -2.09. The van der Waals surface area contributed by atoms with E-state index in [-0.39, 0.29) is 0 Å². The summed E-state index contributed by atoms with van der Waals surface area (Å²) < 4.78 is 0. The largest absolute Gasteiger partial charge is 0.328 e. The van der Waals surface area contributed by atoms with E-state index in [4.69, 9.17) is 0 Å². The van der Waals surface area contributed by atoms with Crippen molar-refractivity contribution in [3.8, 4) is 0 Å². The van der Waals surface area contributed by atoms with Crippen LogP contribution in [-0.2, 0) is 9.59 Å². The molecule has 0 fully saturated rings. The van der Waals surface area contributed by atoms with Gasteiger partial charge in [-0.05, 0) is 24.3 Å². The van der Waals surface area contributed by atoms with Gasteiger partial charge >= 0.3 is 0 Å². The first-order chi connectivity index (χ1) is 9.85. The molecule has 20 heavy (non-hydrogen) atoms. The maximum absolute atomic E-state index is 10.6. The molecule has 2 aromatic heterocycles. The number of pyridine rings is 2. The summed E-state index contributed by atoms with van der Waals surface area (Å²) in [5.74, 6) is 0. The molecule has 2 amide bonds. The van der Waals surface area contributed by atoms with Gasteiger partial charge in [0.15, 0.2) is 0 Å². The Labute approximate surface area is 113 Å². The van der Waals surface area contributed by atoms with Crippen LogP contribution in [0.25, 0.3) is 21.8 Å². The number of nitrogens with one attached hydrogen (secondary N) is 2. The van der Waals surface area contributed by atoms with Gasteiger partial charge in [0.2, 0.25) is 12.8 Å². The van der Waals surface area contributed by atoms with Gasteiger partial charge < -0.3 is 10.6 Å². The van der Waals surface area contributed by atoms with Gasteiger partial charge in [0, 0.05) is 23.2 Å². The molecule has 0 aliphatic carbocycles. The van der Waals surface area contributed by atoms with Crippen LogP contribution in [-0.4, -0.2) is 22.8 Å². The number of anilines is 2. The Morgan fingerprint density at radius 3 is 1.60 bits per heavy atom. The summed E-state index contributed by atoms with van der Waals surface area (Å²) in [7, 11) is 0. The molecule has 0 radical (unpaired) electrons. The monoisotopic (exact) mass is 266 g/mol. The van der Waals surface area contributed by atoms with Crippen LogP contribution < -0.4 is 10.6 Å². The van der Waals surface area contributed by atoms with Crippen LogP contribution in [0, 0.1) is 0 Å². The van der Waals surface area contributed by atoms with E-state index in [9.17, 15) is 9.59 Å². The van der Waals surface area contributed by atoms with Gasteiger partial charge in [0.05, 0.1) is 22.4 Å². The van der Waals surface area contributed by atoms with Crippen molar-refractivity contribution in [1.82, 2.24) is 9.97 Å². The van der Waals surface area contributed by atoms with Crippen molar-refractivity contribution >= 4 is 46.0 Å². The fourth-order valence-corrected chi connectivity index (χ4v) is 2.21. The second kappa shape index (κ2) is 4.93. The molecular weight excluding hydrogens is 256 g/mol. The van der Waals surface area contributed by atoms with Crippen molar-refractivity contribution in [3.63, 3.8) is 0 Å². The number of carbonyl (C=O) groups excluding carboxylic acids is 2. The number of nitrogens with zero attached hydrogens (tertiary/aromatic N) is 2. The molecule has 3 rings (SSSR count). The van der Waals surface area contributed by atoms with Gasteiger partial charge in [0.25, 0.3) is 0 Å². The number of benzene rings is 1. The van der Waals surface area contributed by atoms with Crippen molar-refractivity contribution in [1.29, 1.82) is 0 Å². The van der Waals surface area contributed by atoms with Crippen molar-refractivity contribution in [2.45, 2.75) is 0 Å². The molecule has 0 aliphatic rings. The van der Waals surface area contributed by atoms with Crippen molar-refractivity contribution in [2.75, 3.05) is 10.6 Å². The number of amides is 2. The molecule has 6 nitrogen and oxygen atoms in total. The summed E-state index contributed by atoms with van der Waals surface area (Å²) in [5, 5.41) is 6.86. The Morgan fingerprint density at radius 1 is 0.750 bits per heavy atom. The highest BCUT2D eigenvalue weighted by Crippen LogP contribution is 2.30. The third kappa shape index (κ3) is 1.83. The van der Waals surface area contributed by atoms with E-state index < -0.39 is 0 Å². The fraction of sp³-hybridized carbons (Fsp3) is 0. The second-order valence-electron chi connectivity index (χ2n) is 4.10. The summed E-state index contributed by atoms with van der Waals surface area (Å²) in [4.78, 5) is 29.9. The van der Waals surface area contributed by atoms with Crippen molar-refractivity contribution in [2.24, 2.45) is 0 Å². The van der Waals surface area contributed by atoms with E-state index in [2.05, 4.69) is 20.6 Å². The number of aromatic nitrogens is 2. The third-order valence-electron chi connectivity index (χ3n) is 3.05. The first kappa shape index (κ1) is 12.0. The van der Waals surface area contributed by atoms with Crippen LogP contribution in [0.3, 0.4) is 0 Å². The predicted molar refractivity (Wildman–Crippen MR) is 76.4 cm³/mol. The topological polar surface area (TPSA) is 84.0 Å². The van der Waals surface area contributed by atoms with Gasteiger partial charge in [-0.3, -0.25) is 19.6 Å². The minimum Gasteiger partial charge on any atom is -0.328 e. The van der Waals surface area contributed by atoms with Crippen LogP contribution in [0.4, 0.5) is 11.4 Å². The number of carbonyl (C=O) groups is 2. The Bertz CT molecular complexity index is 748. The molecule has 2 heterocycles. The standard InChI is InChI=1S/C14H10N4O2/c19-7-17-11-3-5-15-13-9(11)1-2-10-12(18-8-20)4-6-16-14(10)13/h1-8H,(H,15,17,19)(H,16,18,20). The Morgan fingerprint density at radius 2 is 1.20 bits per heavy atom. The van der Waals surface area contributed by atoms with Gasteiger partial charge in [0.1, 0.15) is 0 Å². The molecule has 2 N–H and O–H groups in total. The maximum atomic E-state index is 10.6. The zero-order valence-corrected chi connectivity index (χ0v) is 10.3. The average Bonchev–Trinajstić information content (AvgIpc) is 2.48. The normalized spacial score (nSPS) is 10.4. The average molecular weight is 266 g/mol. The summed E-state index contributed by atoms with van der Waals surface area (Å²) in [6, 6.07) is 7.12. The highest BCUT2D eigenvalue weighted by molar-refractivity contribution is 6.11. The van der Waals surface area contributed by atoms with Crippen LogP contribution in [0.5, 0.6) is 0 Å². The molecule has 1 aromatic carbocycles. The molecule has 0 unspecified atom stereocenters. The first-order valence-electron chi connectivity index (χ1n) is 5.92. The quantitative estimate of drug-likeness (QED) is 0.558. The van der Waals surface area contributed by atoms with Crippen LogP contribution in [0.1, 0.15) is 0 Å². The lowest BCUT2D eigenvalue weighted by molar-refractivity contribution is -0.106. The molecule has 0 saturated carbocycles. The fourth-order valence-electron chi connectivity index (χ4n) is 2.21. The molecular formula is C14H10N4O2. The van der Waals surface area contributed by atoms with E-state index in [0.29, 0.717) is 35.2 Å². The molecule has 98 valence electrons. The molecule has 6 heteroatoms. The van der Waals surface area contributed by atoms with E-state index in [0.717, 1.165) is 10.8 Å². The van der Waals surface area contributed by atoms with Crippen molar-refractivity contribution in [3.05, 3.63) is 36.7 Å². The summed E-state index contributed by atoms with van der Waals surface area (Å²) in [6.45, 7) is 0. The van der Waals surface area contributed by atoms with Crippen LogP contribution in [0.2, 0.25) is 0 Å². The minimum absolute atomic E-state index is 0.622. The highest BCUT2D eigenvalue weighted by atomic mass is 16.1. The zero-order valence-electron chi connectivity index (χ0n) is 10.3. The van der Waals surface area contributed by atoms with Crippen LogP contribution in [0.15, 0.2) is 36.7 Å². The van der Waals surface area contributed by atoms with Crippen molar-refractivity contribution < 1.29 is 9.59 Å². The van der Waals surface area contributed by atoms with Crippen LogP contribution >= 0.6 is 0 Å². The van der Waals surface area contributed by atoms with Gasteiger partial charge in [-0.15, -0.1) is 0 Å². The summed E-state index contributed by atoms with van der Waals surface area (Å²) in [6.07, 6.45) is 4.46. The molecule has 3 aromatic rings. The Kier molecular flexibility index (Phi) is 2.96. The number of hydrogen-bond acceptors (Lipinski definition) is 4. The smallest absolute Gasteiger partial charge is 0.211 e. The summed E-state index contributed by atoms with van der Waals surface area (Å²) in [5.41, 5.74) is 2.68. The second-order valence-corrected chi connectivity index (χ2v) is 4.10. The lowest BCUT2D eigenvalue weighted by atomic mass is 10.1. The SMILES string of the molecule is O=CNc1ccnc2c1ccc1c(NC=O)ccnc12. The molecule has 0 atom stereocenters. The zero-order chi connectivity index (χ0) is 13.9. The molecule has 0 saturated heterocycles. The minimum atomic E-state index is 0.622. The maximum Gasteiger partial charge on any atom is 0.211 e. The van der Waals surface area contributed by atoms with Gasteiger partial charge in [-0.25, -0.2) is 0 Å². The lowest BCUT2D eigenvalue weighted by Crippen LogP contribution is -1.98. The van der Waals surface area contributed by atoms with Gasteiger partial charge in [-0.1, -0.05) is 0 Å². The number of fused-ring (bicyclic) bond motifs is 3. The molecule has 0 bridgehead atoms. The molecule has 0 aliphatic heterocycles. The molecule has 0 spiro atoms. The van der Waals surface area contributed by atoms with E-state index >= 15 is 0 Å². The predicted octanol–water partition coefficient (Wildman–Crippen LogP) is 1.92.